The first kappa shape index (κ1) is 18.4. The van der Waals surface area contributed by atoms with Crippen LogP contribution in [0.25, 0.3) is 28.0 Å². The molecule has 0 spiro atoms. The highest BCUT2D eigenvalue weighted by Crippen LogP contribution is 2.34. The summed E-state index contributed by atoms with van der Waals surface area (Å²) in [5.74, 6) is 2.52. The summed E-state index contributed by atoms with van der Waals surface area (Å²) in [6.07, 6.45) is 9.35. The summed E-state index contributed by atoms with van der Waals surface area (Å²) >= 11 is 0. The molecule has 158 valence electrons. The van der Waals surface area contributed by atoms with E-state index in [0.717, 1.165) is 39.5 Å². The van der Waals surface area contributed by atoms with Crippen LogP contribution in [-0.4, -0.2) is 49.6 Å². The van der Waals surface area contributed by atoms with E-state index in [4.69, 9.17) is 9.72 Å². The van der Waals surface area contributed by atoms with E-state index in [1.165, 1.54) is 19.3 Å². The average Bonchev–Trinajstić information content (AvgIpc) is 3.57. The zero-order chi connectivity index (χ0) is 20.9. The molecule has 2 N–H and O–H groups in total. The van der Waals surface area contributed by atoms with Crippen LogP contribution in [0.4, 0.5) is 5.82 Å². The number of ether oxygens (including phenoxy) is 1. The lowest BCUT2D eigenvalue weighted by Gasteiger charge is -2.22. The Morgan fingerprint density at radius 3 is 2.90 bits per heavy atom. The number of hydrogen-bond donors (Lipinski definition) is 2. The van der Waals surface area contributed by atoms with Crippen molar-refractivity contribution in [3.8, 4) is 22.7 Å². The quantitative estimate of drug-likeness (QED) is 0.521. The van der Waals surface area contributed by atoms with E-state index in [1.54, 1.807) is 11.8 Å². The summed E-state index contributed by atoms with van der Waals surface area (Å²) in [7, 11) is 3.59. The molecule has 2 aliphatic rings. The molecule has 3 atom stereocenters. The zero-order valence-corrected chi connectivity index (χ0v) is 17.6. The highest BCUT2D eigenvalue weighted by molar-refractivity contribution is 5.87. The Morgan fingerprint density at radius 2 is 2.16 bits per heavy atom. The molecular weight excluding hydrogens is 390 g/mol. The molecule has 5 heterocycles. The second-order valence-corrected chi connectivity index (χ2v) is 8.47. The number of imidazole rings is 1. The molecule has 0 radical (unpaired) electrons. The number of aromatic nitrogens is 5. The molecule has 6 rings (SSSR count). The summed E-state index contributed by atoms with van der Waals surface area (Å²) in [6.45, 7) is 0. The molecule has 1 aromatic carbocycles. The van der Waals surface area contributed by atoms with Crippen LogP contribution in [0.15, 0.2) is 49.1 Å². The van der Waals surface area contributed by atoms with Gasteiger partial charge in [-0.25, -0.2) is 9.97 Å². The molecule has 2 aliphatic heterocycles. The monoisotopic (exact) mass is 415 g/mol. The Kier molecular flexibility index (Phi) is 4.21. The number of methoxy groups -OCH3 is 1. The van der Waals surface area contributed by atoms with E-state index in [2.05, 4.69) is 26.8 Å². The lowest BCUT2D eigenvalue weighted by atomic mass is 9.95. The number of aryl methyl sites for hydroxylation is 1. The van der Waals surface area contributed by atoms with Gasteiger partial charge in [-0.2, -0.15) is 5.10 Å². The molecule has 2 bridgehead atoms. The van der Waals surface area contributed by atoms with Crippen LogP contribution in [-0.2, 0) is 7.05 Å². The molecule has 4 aromatic rings. The molecule has 2 saturated heterocycles. The molecule has 0 amide bonds. The van der Waals surface area contributed by atoms with Crippen molar-refractivity contribution in [1.29, 1.82) is 0 Å². The molecule has 8 nitrogen and oxygen atoms in total. The van der Waals surface area contributed by atoms with E-state index in [0.29, 0.717) is 18.1 Å². The number of pyridine rings is 1. The first-order valence-corrected chi connectivity index (χ1v) is 10.7. The van der Waals surface area contributed by atoms with Gasteiger partial charge in [0.2, 0.25) is 0 Å². The Hall–Kier alpha value is -3.39. The van der Waals surface area contributed by atoms with Crippen molar-refractivity contribution >= 4 is 16.9 Å². The van der Waals surface area contributed by atoms with Gasteiger partial charge in [0, 0.05) is 48.6 Å². The Labute approximate surface area is 180 Å². The molecular formula is C23H25N7O. The standard InChI is InChI=1S/C23H25N7O/c1-29-12-14(11-25-29)16-9-20-19(10-21(16)31-2)24-13-30(20)23-5-3-4-22(28-23)27-18-8-15-6-7-17(18)26-15/h3-5,9-13,15,17-18,26H,6-8H2,1-2H3,(H,27,28). The number of benzene rings is 1. The van der Waals surface area contributed by atoms with E-state index >= 15 is 0 Å². The fraction of sp³-hybridized carbons (Fsp3) is 0.348. The molecule has 3 unspecified atom stereocenters. The van der Waals surface area contributed by atoms with Crippen LogP contribution in [0.1, 0.15) is 19.3 Å². The zero-order valence-electron chi connectivity index (χ0n) is 17.6. The minimum Gasteiger partial charge on any atom is -0.496 e. The van der Waals surface area contributed by atoms with Crippen molar-refractivity contribution in [2.24, 2.45) is 7.05 Å². The number of nitrogens with one attached hydrogen (secondary N) is 2. The predicted molar refractivity (Wildman–Crippen MR) is 120 cm³/mol. The Bertz CT molecular complexity index is 1260. The molecule has 8 heteroatoms. The van der Waals surface area contributed by atoms with Crippen molar-refractivity contribution in [1.82, 2.24) is 29.6 Å². The van der Waals surface area contributed by atoms with E-state index in [1.807, 2.05) is 54.6 Å². The van der Waals surface area contributed by atoms with Gasteiger partial charge in [0.15, 0.2) is 0 Å². The van der Waals surface area contributed by atoms with E-state index < -0.39 is 0 Å². The SMILES string of the molecule is COc1cc2ncn(-c3cccc(NC4CC5CCC4N5)n3)c2cc1-c1cnn(C)c1. The first-order chi connectivity index (χ1) is 15.2. The highest BCUT2D eigenvalue weighted by atomic mass is 16.5. The van der Waals surface area contributed by atoms with Crippen molar-refractivity contribution in [3.05, 3.63) is 49.1 Å². The second kappa shape index (κ2) is 7.09. The van der Waals surface area contributed by atoms with Crippen LogP contribution in [0, 0.1) is 0 Å². The molecule has 0 aliphatic carbocycles. The molecule has 31 heavy (non-hydrogen) atoms. The van der Waals surface area contributed by atoms with Gasteiger partial charge in [0.05, 0.1) is 24.3 Å². The lowest BCUT2D eigenvalue weighted by molar-refractivity contribution is 0.417. The largest absolute Gasteiger partial charge is 0.496 e. The number of fused-ring (bicyclic) bond motifs is 3. The maximum Gasteiger partial charge on any atom is 0.140 e. The van der Waals surface area contributed by atoms with Gasteiger partial charge >= 0.3 is 0 Å². The molecule has 3 aromatic heterocycles. The Morgan fingerprint density at radius 1 is 1.23 bits per heavy atom. The predicted octanol–water partition coefficient (Wildman–Crippen LogP) is 3.13. The first-order valence-electron chi connectivity index (χ1n) is 10.7. The smallest absolute Gasteiger partial charge is 0.140 e. The topological polar surface area (TPSA) is 81.8 Å². The van der Waals surface area contributed by atoms with Crippen LogP contribution in [0.2, 0.25) is 0 Å². The van der Waals surface area contributed by atoms with E-state index in [9.17, 15) is 0 Å². The second-order valence-electron chi connectivity index (χ2n) is 8.47. The van der Waals surface area contributed by atoms with Crippen LogP contribution in [0.3, 0.4) is 0 Å². The van der Waals surface area contributed by atoms with Crippen molar-refractivity contribution in [2.75, 3.05) is 12.4 Å². The third-order valence-corrected chi connectivity index (χ3v) is 6.50. The molecule has 2 fully saturated rings. The number of rotatable bonds is 5. The maximum atomic E-state index is 5.63. The van der Waals surface area contributed by atoms with Gasteiger partial charge in [-0.1, -0.05) is 6.07 Å². The van der Waals surface area contributed by atoms with Gasteiger partial charge in [-0.3, -0.25) is 9.25 Å². The number of hydrogen-bond acceptors (Lipinski definition) is 6. The van der Waals surface area contributed by atoms with Gasteiger partial charge in [0.1, 0.15) is 23.7 Å². The summed E-state index contributed by atoms with van der Waals surface area (Å²) in [5, 5.41) is 11.6. The van der Waals surface area contributed by atoms with Crippen molar-refractivity contribution < 1.29 is 4.74 Å². The van der Waals surface area contributed by atoms with Crippen LogP contribution >= 0.6 is 0 Å². The fourth-order valence-electron chi connectivity index (χ4n) is 4.98. The average molecular weight is 416 g/mol. The van der Waals surface area contributed by atoms with Gasteiger partial charge < -0.3 is 15.4 Å². The van der Waals surface area contributed by atoms with Gasteiger partial charge in [-0.05, 0) is 37.5 Å². The summed E-state index contributed by atoms with van der Waals surface area (Å²) < 4.78 is 9.45. The fourth-order valence-corrected chi connectivity index (χ4v) is 4.98. The molecule has 0 saturated carbocycles. The summed E-state index contributed by atoms with van der Waals surface area (Å²) in [5.41, 5.74) is 3.82. The number of nitrogens with zero attached hydrogens (tertiary/aromatic N) is 5. The minimum atomic E-state index is 0.447. The van der Waals surface area contributed by atoms with Gasteiger partial charge in [-0.15, -0.1) is 0 Å². The normalized spacial score (nSPS) is 22.3. The number of anilines is 1. The van der Waals surface area contributed by atoms with Gasteiger partial charge in [0.25, 0.3) is 0 Å². The van der Waals surface area contributed by atoms with Crippen molar-refractivity contribution in [3.63, 3.8) is 0 Å². The summed E-state index contributed by atoms with van der Waals surface area (Å²) in [6, 6.07) is 11.8. The Balaban J connectivity index is 1.38. The minimum absolute atomic E-state index is 0.447. The van der Waals surface area contributed by atoms with Crippen LogP contribution in [0.5, 0.6) is 5.75 Å². The third kappa shape index (κ3) is 3.14. The lowest BCUT2D eigenvalue weighted by Crippen LogP contribution is -2.33. The summed E-state index contributed by atoms with van der Waals surface area (Å²) in [4.78, 5) is 9.50. The third-order valence-electron chi connectivity index (χ3n) is 6.50. The van der Waals surface area contributed by atoms with E-state index in [-0.39, 0.29) is 0 Å². The maximum absolute atomic E-state index is 5.63. The van der Waals surface area contributed by atoms with Crippen LogP contribution < -0.4 is 15.4 Å². The highest BCUT2D eigenvalue weighted by Gasteiger charge is 2.39. The van der Waals surface area contributed by atoms with Crippen molar-refractivity contribution in [2.45, 2.75) is 37.4 Å².